The van der Waals surface area contributed by atoms with Gasteiger partial charge in [0.2, 0.25) is 0 Å². The maximum absolute atomic E-state index is 12.1. The van der Waals surface area contributed by atoms with Crippen LogP contribution in [0.5, 0.6) is 0 Å². The van der Waals surface area contributed by atoms with Gasteiger partial charge in [-0.1, -0.05) is 34.6 Å². The molecule has 1 rings (SSSR count). The van der Waals surface area contributed by atoms with Crippen LogP contribution in [-0.2, 0) is 12.0 Å². The van der Waals surface area contributed by atoms with Gasteiger partial charge in [-0.25, -0.2) is 0 Å². The van der Waals surface area contributed by atoms with Crippen molar-refractivity contribution in [3.8, 4) is 0 Å². The van der Waals surface area contributed by atoms with Gasteiger partial charge in [0.05, 0.1) is 0 Å². The molecule has 1 amide bonds. The van der Waals surface area contributed by atoms with Crippen molar-refractivity contribution in [3.05, 3.63) is 17.5 Å². The Balaban J connectivity index is 2.88. The van der Waals surface area contributed by atoms with Gasteiger partial charge in [-0.2, -0.15) is 5.10 Å². The highest BCUT2D eigenvalue weighted by molar-refractivity contribution is 5.92. The number of aryl methyl sites for hydroxylation is 1. The lowest BCUT2D eigenvalue weighted by Crippen LogP contribution is -2.29. The van der Waals surface area contributed by atoms with Crippen molar-refractivity contribution in [2.24, 2.45) is 5.92 Å². The SMILES string of the molecule is CCCn1nc(C(=O)NCC(C)CO)cc1C(C)(C)C. The molecule has 114 valence electrons. The molecule has 0 radical (unpaired) electrons. The molecule has 20 heavy (non-hydrogen) atoms. The van der Waals surface area contributed by atoms with Gasteiger partial charge >= 0.3 is 0 Å². The molecule has 0 spiro atoms. The van der Waals surface area contributed by atoms with Crippen LogP contribution in [0.3, 0.4) is 0 Å². The molecular formula is C15H27N3O2. The minimum atomic E-state index is -0.175. The van der Waals surface area contributed by atoms with Gasteiger partial charge in [-0.3, -0.25) is 9.48 Å². The summed E-state index contributed by atoms with van der Waals surface area (Å²) < 4.78 is 1.92. The molecule has 5 heteroatoms. The van der Waals surface area contributed by atoms with Crippen LogP contribution < -0.4 is 5.32 Å². The number of aliphatic hydroxyl groups is 1. The predicted molar refractivity (Wildman–Crippen MR) is 79.8 cm³/mol. The number of aliphatic hydroxyl groups excluding tert-OH is 1. The average Bonchev–Trinajstić information content (AvgIpc) is 2.80. The van der Waals surface area contributed by atoms with E-state index in [1.165, 1.54) is 0 Å². The second-order valence-electron chi connectivity index (χ2n) is 6.39. The van der Waals surface area contributed by atoms with E-state index >= 15 is 0 Å². The van der Waals surface area contributed by atoms with Crippen LogP contribution in [0, 0.1) is 5.92 Å². The zero-order valence-electron chi connectivity index (χ0n) is 13.2. The lowest BCUT2D eigenvalue weighted by Gasteiger charge is -2.19. The van der Waals surface area contributed by atoms with Crippen LogP contribution >= 0.6 is 0 Å². The van der Waals surface area contributed by atoms with Gasteiger partial charge in [-0.15, -0.1) is 0 Å². The van der Waals surface area contributed by atoms with Crippen LogP contribution in [0.4, 0.5) is 0 Å². The molecule has 0 saturated heterocycles. The quantitative estimate of drug-likeness (QED) is 0.837. The van der Waals surface area contributed by atoms with E-state index in [2.05, 4.69) is 38.1 Å². The maximum atomic E-state index is 12.1. The highest BCUT2D eigenvalue weighted by Crippen LogP contribution is 2.23. The van der Waals surface area contributed by atoms with Gasteiger partial charge in [0.15, 0.2) is 0 Å². The Labute approximate surface area is 121 Å². The van der Waals surface area contributed by atoms with E-state index in [9.17, 15) is 4.79 Å². The van der Waals surface area contributed by atoms with Crippen molar-refractivity contribution in [2.45, 2.75) is 53.0 Å². The highest BCUT2D eigenvalue weighted by Gasteiger charge is 2.23. The summed E-state index contributed by atoms with van der Waals surface area (Å²) in [6, 6.07) is 1.87. The van der Waals surface area contributed by atoms with Gasteiger partial charge in [0, 0.05) is 30.8 Å². The number of carbonyl (C=O) groups is 1. The highest BCUT2D eigenvalue weighted by atomic mass is 16.3. The zero-order valence-corrected chi connectivity index (χ0v) is 13.2. The second kappa shape index (κ2) is 6.88. The van der Waals surface area contributed by atoms with E-state index in [0.29, 0.717) is 12.2 Å². The molecule has 1 aromatic rings. The summed E-state index contributed by atoms with van der Waals surface area (Å²) in [5, 5.41) is 16.2. The average molecular weight is 281 g/mol. The van der Waals surface area contributed by atoms with E-state index in [1.54, 1.807) is 0 Å². The summed E-state index contributed by atoms with van der Waals surface area (Å²) in [7, 11) is 0. The number of nitrogens with one attached hydrogen (secondary N) is 1. The van der Waals surface area contributed by atoms with E-state index in [1.807, 2.05) is 17.7 Å². The number of rotatable bonds is 6. The number of amides is 1. The van der Waals surface area contributed by atoms with Crippen LogP contribution in [0.15, 0.2) is 6.07 Å². The lowest BCUT2D eigenvalue weighted by atomic mass is 9.92. The van der Waals surface area contributed by atoms with Gasteiger partial charge < -0.3 is 10.4 Å². The first kappa shape index (κ1) is 16.7. The lowest BCUT2D eigenvalue weighted by molar-refractivity contribution is 0.0936. The van der Waals surface area contributed by atoms with E-state index < -0.39 is 0 Å². The zero-order chi connectivity index (χ0) is 15.3. The summed E-state index contributed by atoms with van der Waals surface area (Å²) >= 11 is 0. The molecule has 0 aromatic carbocycles. The van der Waals surface area contributed by atoms with Crippen LogP contribution in [-0.4, -0.2) is 33.9 Å². The van der Waals surface area contributed by atoms with E-state index in [-0.39, 0.29) is 23.8 Å². The Kier molecular flexibility index (Phi) is 5.74. The molecule has 1 heterocycles. The van der Waals surface area contributed by atoms with Crippen molar-refractivity contribution in [2.75, 3.05) is 13.2 Å². The molecule has 0 aliphatic heterocycles. The van der Waals surface area contributed by atoms with Crippen LogP contribution in [0.25, 0.3) is 0 Å². The number of hydrogen-bond acceptors (Lipinski definition) is 3. The first-order valence-electron chi connectivity index (χ1n) is 7.27. The summed E-state index contributed by atoms with van der Waals surface area (Å²) in [6.45, 7) is 11.7. The molecule has 0 bridgehead atoms. The van der Waals surface area contributed by atoms with Crippen molar-refractivity contribution in [3.63, 3.8) is 0 Å². The molecule has 2 N–H and O–H groups in total. The van der Waals surface area contributed by atoms with Crippen molar-refractivity contribution >= 4 is 5.91 Å². The number of hydrogen-bond donors (Lipinski definition) is 2. The molecule has 0 aliphatic rings. The molecular weight excluding hydrogens is 254 g/mol. The van der Waals surface area contributed by atoms with Crippen molar-refractivity contribution < 1.29 is 9.90 Å². The maximum Gasteiger partial charge on any atom is 0.271 e. The summed E-state index contributed by atoms with van der Waals surface area (Å²) in [5.41, 5.74) is 1.48. The fourth-order valence-electron chi connectivity index (χ4n) is 1.94. The minimum absolute atomic E-state index is 0.0426. The smallest absolute Gasteiger partial charge is 0.271 e. The third-order valence-corrected chi connectivity index (χ3v) is 3.14. The fourth-order valence-corrected chi connectivity index (χ4v) is 1.94. The third kappa shape index (κ3) is 4.34. The van der Waals surface area contributed by atoms with Gasteiger partial charge in [0.1, 0.15) is 5.69 Å². The third-order valence-electron chi connectivity index (χ3n) is 3.14. The Morgan fingerprint density at radius 3 is 2.65 bits per heavy atom. The second-order valence-corrected chi connectivity index (χ2v) is 6.39. The van der Waals surface area contributed by atoms with Crippen molar-refractivity contribution in [1.82, 2.24) is 15.1 Å². The molecule has 1 unspecified atom stereocenters. The Morgan fingerprint density at radius 2 is 2.15 bits per heavy atom. The van der Waals surface area contributed by atoms with Gasteiger partial charge in [0.25, 0.3) is 5.91 Å². The largest absolute Gasteiger partial charge is 0.396 e. The summed E-state index contributed by atoms with van der Waals surface area (Å²) in [6.07, 6.45) is 0.980. The first-order valence-corrected chi connectivity index (χ1v) is 7.27. The Morgan fingerprint density at radius 1 is 1.50 bits per heavy atom. The molecule has 0 fully saturated rings. The van der Waals surface area contributed by atoms with Crippen LogP contribution in [0.1, 0.15) is 57.2 Å². The predicted octanol–water partition coefficient (Wildman–Crippen LogP) is 1.95. The van der Waals surface area contributed by atoms with Crippen LogP contribution in [0.2, 0.25) is 0 Å². The molecule has 1 aromatic heterocycles. The molecule has 0 saturated carbocycles. The molecule has 5 nitrogen and oxygen atoms in total. The Bertz CT molecular complexity index is 446. The number of aromatic nitrogens is 2. The Hall–Kier alpha value is -1.36. The fraction of sp³-hybridized carbons (Fsp3) is 0.733. The minimum Gasteiger partial charge on any atom is -0.396 e. The van der Waals surface area contributed by atoms with Gasteiger partial charge in [-0.05, 0) is 18.4 Å². The molecule has 1 atom stereocenters. The normalized spacial score (nSPS) is 13.3. The summed E-state index contributed by atoms with van der Waals surface area (Å²) in [5.74, 6) is -0.121. The topological polar surface area (TPSA) is 67.2 Å². The first-order chi connectivity index (χ1) is 9.29. The molecule has 0 aliphatic carbocycles. The van der Waals surface area contributed by atoms with E-state index in [0.717, 1.165) is 18.7 Å². The monoisotopic (exact) mass is 281 g/mol. The number of carbonyl (C=O) groups excluding carboxylic acids is 1. The van der Waals surface area contributed by atoms with Crippen molar-refractivity contribution in [1.29, 1.82) is 0 Å². The number of nitrogens with zero attached hydrogens (tertiary/aromatic N) is 2. The summed E-state index contributed by atoms with van der Waals surface area (Å²) in [4.78, 5) is 12.1. The standard InChI is InChI=1S/C15H27N3O2/c1-6-7-18-13(15(3,4)5)8-12(17-18)14(20)16-9-11(2)10-19/h8,11,19H,6-7,9-10H2,1-5H3,(H,16,20). The van der Waals surface area contributed by atoms with E-state index in [4.69, 9.17) is 5.11 Å².